The first-order chi connectivity index (χ1) is 39.5. The van der Waals surface area contributed by atoms with Crippen molar-refractivity contribution in [1.29, 1.82) is 0 Å². The molecular weight excluding hydrogens is 1140 g/mol. The molecule has 2 heterocycles. The molecule has 3 aromatic rings. The quantitative estimate of drug-likeness (QED) is 0.0113. The number of primary amides is 1. The summed E-state index contributed by atoms with van der Waals surface area (Å²) in [6, 6.07) is -7.29. The molecule has 11 atom stereocenters. The minimum Gasteiger partial charge on any atom is -0.481 e. The second-order valence-electron chi connectivity index (χ2n) is 20.2. The molecule has 0 unspecified atom stereocenters. The van der Waals surface area contributed by atoms with Crippen LogP contribution >= 0.6 is 25.3 Å². The highest BCUT2D eigenvalue weighted by molar-refractivity contribution is 7.80. The zero-order valence-electron chi connectivity index (χ0n) is 47.3. The van der Waals surface area contributed by atoms with Crippen molar-refractivity contribution >= 4 is 113 Å². The molecule has 0 saturated carbocycles. The van der Waals surface area contributed by atoms with Crippen molar-refractivity contribution in [3.05, 3.63) is 54.2 Å². The Labute approximate surface area is 494 Å². The third-order valence-electron chi connectivity index (χ3n) is 12.7. The van der Waals surface area contributed by atoms with Crippen molar-refractivity contribution in [3.63, 3.8) is 0 Å². The lowest BCUT2D eigenvalue weighted by molar-refractivity contribution is -0.139. The normalized spacial score (nSPS) is 15.0. The summed E-state index contributed by atoms with van der Waals surface area (Å²) in [7, 11) is 0. The van der Waals surface area contributed by atoms with E-state index in [1.165, 1.54) is 40.2 Å². The van der Waals surface area contributed by atoms with Crippen LogP contribution in [0.5, 0.6) is 0 Å². The summed E-state index contributed by atoms with van der Waals surface area (Å²) in [6.45, 7) is 8.87. The molecule has 0 aliphatic heterocycles. The van der Waals surface area contributed by atoms with Gasteiger partial charge in [0.25, 0.3) is 0 Å². The number of H-pyrrole nitrogens is 2. The zero-order valence-corrected chi connectivity index (χ0v) is 49.1. The number of carboxylic acid groups (broad SMARTS) is 1. The highest BCUT2D eigenvalue weighted by Gasteiger charge is 2.35. The smallest absolute Gasteiger partial charge is 0.305 e. The number of aliphatic carboxylic acids is 1. The number of hydrogen-bond donors (Lipinski definition) is 19. The maximum atomic E-state index is 14.3. The van der Waals surface area contributed by atoms with E-state index in [1.54, 1.807) is 26.1 Å². The Hall–Kier alpha value is -8.46. The number of para-hydroxylation sites is 1. The molecule has 0 aliphatic rings. The van der Waals surface area contributed by atoms with Crippen LogP contribution in [0.25, 0.3) is 10.9 Å². The van der Waals surface area contributed by atoms with Gasteiger partial charge in [-0.15, -0.1) is 0 Å². The predicted molar refractivity (Wildman–Crippen MR) is 313 cm³/mol. The van der Waals surface area contributed by atoms with Crippen LogP contribution in [0.4, 0.5) is 0 Å². The fourth-order valence-corrected chi connectivity index (χ4v) is 8.49. The number of aromatic nitrogens is 3. The van der Waals surface area contributed by atoms with Gasteiger partial charge in [-0.25, -0.2) is 4.98 Å². The van der Waals surface area contributed by atoms with Crippen molar-refractivity contribution in [2.24, 2.45) is 33.8 Å². The summed E-state index contributed by atoms with van der Waals surface area (Å²) in [5, 5.41) is 34.6. The van der Waals surface area contributed by atoms with E-state index in [-0.39, 0.29) is 62.0 Å². The van der Waals surface area contributed by atoms with E-state index in [2.05, 4.69) is 98.4 Å². The van der Waals surface area contributed by atoms with Gasteiger partial charge in [0.2, 0.25) is 65.0 Å². The number of amides is 11. The summed E-state index contributed by atoms with van der Waals surface area (Å²) < 4.78 is 0. The van der Waals surface area contributed by atoms with Crippen LogP contribution in [-0.4, -0.2) is 181 Å². The number of thiol groups is 2. The van der Waals surface area contributed by atoms with Gasteiger partial charge in [-0.2, -0.15) is 25.3 Å². The number of guanidine groups is 1. The minimum atomic E-state index is -1.44. The second kappa shape index (κ2) is 34.2. The van der Waals surface area contributed by atoms with E-state index in [0.717, 1.165) is 10.9 Å². The molecule has 3 rings (SSSR count). The first-order valence-corrected chi connectivity index (χ1v) is 27.9. The Bertz CT molecular complexity index is 2830. The van der Waals surface area contributed by atoms with Crippen molar-refractivity contribution in [1.82, 2.24) is 68.1 Å². The number of aromatic amines is 2. The number of carboxylic acids is 1. The van der Waals surface area contributed by atoms with Crippen molar-refractivity contribution in [3.8, 4) is 0 Å². The van der Waals surface area contributed by atoms with Gasteiger partial charge in [-0.05, 0) is 64.5 Å². The number of imidazole rings is 1. The van der Waals surface area contributed by atoms with Gasteiger partial charge >= 0.3 is 5.97 Å². The van der Waals surface area contributed by atoms with E-state index in [1.807, 2.05) is 18.2 Å². The Morgan fingerprint density at radius 1 is 0.571 bits per heavy atom. The molecular formula is C51H78N18O13S2. The number of benzene rings is 1. The van der Waals surface area contributed by atoms with Crippen LogP contribution in [0, 0.1) is 5.92 Å². The van der Waals surface area contributed by atoms with Gasteiger partial charge in [0.05, 0.1) is 18.8 Å². The fourth-order valence-electron chi connectivity index (χ4n) is 7.97. The molecule has 1 aromatic carbocycles. The van der Waals surface area contributed by atoms with E-state index < -0.39 is 144 Å². The van der Waals surface area contributed by atoms with Gasteiger partial charge in [0, 0.05) is 59.9 Å². The van der Waals surface area contributed by atoms with Crippen molar-refractivity contribution < 1.29 is 62.6 Å². The van der Waals surface area contributed by atoms with E-state index in [4.69, 9.17) is 28.0 Å². The van der Waals surface area contributed by atoms with Gasteiger partial charge in [0.15, 0.2) is 5.96 Å². The summed E-state index contributed by atoms with van der Waals surface area (Å²) in [4.78, 5) is 172. The lowest BCUT2D eigenvalue weighted by Crippen LogP contribution is -2.61. The van der Waals surface area contributed by atoms with Crippen LogP contribution in [0.2, 0.25) is 0 Å². The summed E-state index contributed by atoms with van der Waals surface area (Å²) in [5.41, 5.74) is 23.8. The van der Waals surface area contributed by atoms with Gasteiger partial charge in [-0.1, -0.05) is 32.0 Å². The number of nitrogens with one attached hydrogen (secondary N) is 12. The summed E-state index contributed by atoms with van der Waals surface area (Å²) in [5.74, 6) is -11.6. The van der Waals surface area contributed by atoms with Crippen LogP contribution < -0.4 is 76.1 Å². The van der Waals surface area contributed by atoms with Gasteiger partial charge < -0.3 is 91.2 Å². The molecule has 21 N–H and O–H groups in total. The van der Waals surface area contributed by atoms with Crippen LogP contribution in [0.3, 0.4) is 0 Å². The number of nitrogens with zero attached hydrogens (tertiary/aromatic N) is 2. The third-order valence-corrected chi connectivity index (χ3v) is 13.4. The molecule has 0 aliphatic carbocycles. The number of hydrogen-bond acceptors (Lipinski definition) is 17. The molecule has 462 valence electrons. The maximum absolute atomic E-state index is 14.3. The highest BCUT2D eigenvalue weighted by Crippen LogP contribution is 2.20. The Kier molecular flexibility index (Phi) is 28.4. The number of aliphatic imine (C=N–C) groups is 1. The van der Waals surface area contributed by atoms with Crippen LogP contribution in [0.1, 0.15) is 78.5 Å². The average molecular weight is 1220 g/mol. The second-order valence-corrected chi connectivity index (χ2v) is 20.9. The van der Waals surface area contributed by atoms with Crippen molar-refractivity contribution in [2.45, 2.75) is 147 Å². The average Bonchev–Trinajstić information content (AvgIpc) is 4.27. The lowest BCUT2D eigenvalue weighted by atomic mass is 10.00. The summed E-state index contributed by atoms with van der Waals surface area (Å²) in [6.07, 6.45) is 3.85. The third kappa shape index (κ3) is 23.1. The topological polar surface area (TPSA) is 506 Å². The van der Waals surface area contributed by atoms with Gasteiger partial charge in [0.1, 0.15) is 60.4 Å². The molecule has 2 aromatic heterocycles. The van der Waals surface area contributed by atoms with Crippen LogP contribution in [0.15, 0.2) is 48.0 Å². The van der Waals surface area contributed by atoms with E-state index in [9.17, 15) is 57.5 Å². The van der Waals surface area contributed by atoms with Crippen LogP contribution in [-0.2, 0) is 70.4 Å². The Morgan fingerprint density at radius 3 is 1.52 bits per heavy atom. The predicted octanol–water partition coefficient (Wildman–Crippen LogP) is -5.15. The zero-order chi connectivity index (χ0) is 63.0. The van der Waals surface area contributed by atoms with Crippen molar-refractivity contribution in [2.75, 3.05) is 18.1 Å². The number of fused-ring (bicyclic) bond motifs is 1. The standard InChI is InChI=1S/C51H78N18O13S2/c1-23(2)14-34(46(78)67-35(15-28-18-58-32-11-8-7-10-30(28)32)47(79)64-33(40(53)72)12-9-13-57-51(54)55)66-50(82)38(21-84)69-48(80)36(16-29-19-56-22-59-29)65-43(75)26(5)60-42(74)25(4)63-49(81)37(20-83)68-44(76)27(6)61-41(73)24(3)62-45(77)31(52)17-39(70)71/h7-8,10-11,18-19,22-27,31,33-38,58,83-84H,9,12-17,20-21,52H2,1-6H3,(H2,53,72)(H,56,59)(H,60,74)(H,61,73)(H,62,77)(H,63,81)(H,64,79)(H,65,75)(H,66,82)(H,67,78)(H,68,76)(H,69,80)(H,70,71)(H4,54,55,57)/t24-,25-,26-,27-,31-,33-,34-,35-,36-,37-,38-/m0/s1. The van der Waals surface area contributed by atoms with E-state index in [0.29, 0.717) is 11.3 Å². The molecule has 31 nitrogen and oxygen atoms in total. The minimum absolute atomic E-state index is 0.0552. The number of carbonyl (C=O) groups is 12. The molecule has 0 radical (unpaired) electrons. The molecule has 0 saturated heterocycles. The molecule has 11 amide bonds. The Balaban J connectivity index is 1.70. The molecule has 84 heavy (non-hydrogen) atoms. The molecule has 0 bridgehead atoms. The Morgan fingerprint density at radius 2 is 1.01 bits per heavy atom. The SMILES string of the molecule is CC(C)C[C@H](NC(=O)[C@H](CS)NC(=O)[C@H](Cc1cnc[nH]1)NC(=O)[C@H](C)NC(=O)[C@H](C)NC(=O)[C@H](CS)NC(=O)[C@H](C)NC(=O)[C@H](C)NC(=O)[C@@H](N)CC(=O)O)C(=O)N[C@@H](Cc1c[nH]c2ccccc12)C(=O)N[C@@H](CCCN=C(N)N)C(N)=O. The number of nitrogens with two attached hydrogens (primary N) is 4. The first kappa shape index (κ1) is 69.8. The largest absolute Gasteiger partial charge is 0.481 e. The first-order valence-electron chi connectivity index (χ1n) is 26.6. The molecule has 0 spiro atoms. The monoisotopic (exact) mass is 1210 g/mol. The molecule has 33 heteroatoms. The summed E-state index contributed by atoms with van der Waals surface area (Å²) >= 11 is 8.43. The van der Waals surface area contributed by atoms with E-state index >= 15 is 0 Å². The fraction of sp³-hybridized carbons (Fsp3) is 0.529. The lowest BCUT2D eigenvalue weighted by Gasteiger charge is -2.27. The maximum Gasteiger partial charge on any atom is 0.305 e. The number of carbonyl (C=O) groups excluding carboxylic acids is 11. The highest BCUT2D eigenvalue weighted by atomic mass is 32.1. The molecule has 0 fully saturated rings. The number of rotatable bonds is 35. The van der Waals surface area contributed by atoms with Gasteiger partial charge in [-0.3, -0.25) is 62.5 Å².